The lowest BCUT2D eigenvalue weighted by atomic mass is 9.48. The fourth-order valence-corrected chi connectivity index (χ4v) is 9.45. The molecule has 4 nitrogen and oxygen atoms in total. The van der Waals surface area contributed by atoms with E-state index in [1.807, 2.05) is 24.3 Å². The lowest BCUT2D eigenvalue weighted by Gasteiger charge is -2.60. The van der Waals surface area contributed by atoms with E-state index >= 15 is 0 Å². The van der Waals surface area contributed by atoms with Crippen molar-refractivity contribution in [3.05, 3.63) is 34.9 Å². The van der Waals surface area contributed by atoms with Gasteiger partial charge in [-0.15, -0.1) is 10.2 Å². The summed E-state index contributed by atoms with van der Waals surface area (Å²) in [5.74, 6) is 2.48. The number of amides is 1. The van der Waals surface area contributed by atoms with Gasteiger partial charge in [-0.2, -0.15) is 0 Å². The van der Waals surface area contributed by atoms with Crippen molar-refractivity contribution in [1.82, 2.24) is 10.2 Å². The van der Waals surface area contributed by atoms with Crippen molar-refractivity contribution in [3.63, 3.8) is 0 Å². The van der Waals surface area contributed by atoms with Gasteiger partial charge in [-0.25, -0.2) is 0 Å². The molecule has 0 radical (unpaired) electrons. The quantitative estimate of drug-likeness (QED) is 0.271. The van der Waals surface area contributed by atoms with E-state index in [-0.39, 0.29) is 15.6 Å². The van der Waals surface area contributed by atoms with E-state index in [1.165, 1.54) is 49.0 Å². The zero-order valence-electron chi connectivity index (χ0n) is 16.0. The highest BCUT2D eigenvalue weighted by Gasteiger charge is 2.57. The fourth-order valence-electron chi connectivity index (χ4n) is 6.09. The Kier molecular flexibility index (Phi) is 5.46. The van der Waals surface area contributed by atoms with Crippen molar-refractivity contribution in [2.45, 2.75) is 59.4 Å². The average molecular weight is 513 g/mol. The normalized spacial score (nSPS) is 32.5. The van der Waals surface area contributed by atoms with E-state index in [2.05, 4.69) is 31.4 Å². The van der Waals surface area contributed by atoms with Gasteiger partial charge in [0, 0.05) is 21.5 Å². The molecular weight excluding hydrogens is 490 g/mol. The number of carbonyl (C=O) groups excluding carboxylic acids is 1. The Morgan fingerprint density at radius 3 is 2.62 bits per heavy atom. The molecule has 1 N–H and O–H groups in total. The first-order chi connectivity index (χ1) is 13.9. The van der Waals surface area contributed by atoms with E-state index in [1.54, 1.807) is 11.8 Å². The van der Waals surface area contributed by atoms with Gasteiger partial charge in [0.2, 0.25) is 11.0 Å². The maximum absolute atomic E-state index is 12.8. The molecule has 1 aromatic heterocycles. The van der Waals surface area contributed by atoms with Crippen molar-refractivity contribution in [2.75, 3.05) is 5.32 Å². The van der Waals surface area contributed by atoms with E-state index in [0.29, 0.717) is 11.6 Å². The average Bonchev–Trinajstić information content (AvgIpc) is 3.05. The van der Waals surface area contributed by atoms with Crippen LogP contribution in [0.25, 0.3) is 0 Å². The van der Waals surface area contributed by atoms with Gasteiger partial charge in [0.15, 0.2) is 4.34 Å². The number of benzene rings is 1. The van der Waals surface area contributed by atoms with Gasteiger partial charge in [-0.3, -0.25) is 4.79 Å². The van der Waals surface area contributed by atoms with Crippen LogP contribution in [-0.4, -0.2) is 20.4 Å². The summed E-state index contributed by atoms with van der Waals surface area (Å²) in [7, 11) is 0. The van der Waals surface area contributed by atoms with E-state index in [0.717, 1.165) is 33.4 Å². The van der Waals surface area contributed by atoms with Gasteiger partial charge in [0.1, 0.15) is 0 Å². The number of alkyl halides is 1. The Morgan fingerprint density at radius 1 is 1.21 bits per heavy atom. The van der Waals surface area contributed by atoms with Gasteiger partial charge < -0.3 is 5.32 Å². The lowest BCUT2D eigenvalue weighted by molar-refractivity contribution is -0.123. The molecule has 0 saturated heterocycles. The molecule has 4 saturated carbocycles. The Labute approximate surface area is 192 Å². The summed E-state index contributed by atoms with van der Waals surface area (Å²) >= 11 is 13.0. The summed E-state index contributed by atoms with van der Waals surface area (Å²) in [6.07, 6.45) is 8.11. The largest absolute Gasteiger partial charge is 0.300 e. The van der Waals surface area contributed by atoms with E-state index < -0.39 is 0 Å². The third kappa shape index (κ3) is 4.53. The number of carbonyl (C=O) groups is 1. The number of rotatable bonds is 6. The molecule has 2 atom stereocenters. The van der Waals surface area contributed by atoms with E-state index in [4.69, 9.17) is 11.6 Å². The van der Waals surface area contributed by atoms with Crippen molar-refractivity contribution < 1.29 is 4.79 Å². The van der Waals surface area contributed by atoms with Gasteiger partial charge in [-0.05, 0) is 73.5 Å². The lowest BCUT2D eigenvalue weighted by Crippen LogP contribution is -2.53. The van der Waals surface area contributed by atoms with Crippen LogP contribution in [0.3, 0.4) is 0 Å². The molecule has 2 aromatic rings. The van der Waals surface area contributed by atoms with Crippen LogP contribution in [0.15, 0.2) is 28.6 Å². The van der Waals surface area contributed by atoms with Crippen LogP contribution in [0.2, 0.25) is 5.02 Å². The number of thioether (sulfide) groups is 1. The third-order valence-corrected chi connectivity index (χ3v) is 9.80. The predicted molar refractivity (Wildman–Crippen MR) is 123 cm³/mol. The highest BCUT2D eigenvalue weighted by atomic mass is 79.9. The third-order valence-electron chi connectivity index (χ3n) is 6.57. The molecule has 0 unspecified atom stereocenters. The van der Waals surface area contributed by atoms with Crippen LogP contribution >= 0.6 is 50.6 Å². The van der Waals surface area contributed by atoms with Gasteiger partial charge in [0.25, 0.3) is 0 Å². The molecule has 0 spiro atoms. The Morgan fingerprint density at radius 2 is 1.93 bits per heavy atom. The Hall–Kier alpha value is -0.630. The number of aromatic nitrogens is 2. The second-order valence-electron chi connectivity index (χ2n) is 9.13. The first kappa shape index (κ1) is 20.3. The topological polar surface area (TPSA) is 54.9 Å². The second kappa shape index (κ2) is 7.81. The van der Waals surface area contributed by atoms with Crippen molar-refractivity contribution >= 4 is 61.7 Å². The van der Waals surface area contributed by atoms with Crippen LogP contribution < -0.4 is 5.32 Å². The Balaban J connectivity index is 1.17. The molecule has 4 aliphatic carbocycles. The molecule has 29 heavy (non-hydrogen) atoms. The minimum atomic E-state index is 0.0912. The highest BCUT2D eigenvalue weighted by molar-refractivity contribution is 9.10. The Bertz CT molecular complexity index is 905. The molecule has 6 rings (SSSR count). The summed E-state index contributed by atoms with van der Waals surface area (Å²) in [6, 6.07) is 7.82. The minimum absolute atomic E-state index is 0.0912. The maximum atomic E-state index is 12.8. The molecule has 4 bridgehead atoms. The van der Waals surface area contributed by atoms with Crippen molar-refractivity contribution in [2.24, 2.45) is 17.3 Å². The van der Waals surface area contributed by atoms with Crippen LogP contribution in [0.1, 0.15) is 50.5 Å². The van der Waals surface area contributed by atoms with Gasteiger partial charge in [0.05, 0.1) is 0 Å². The molecule has 1 amide bonds. The zero-order valence-corrected chi connectivity index (χ0v) is 20.0. The molecule has 1 aromatic carbocycles. The van der Waals surface area contributed by atoms with Crippen LogP contribution in [0.5, 0.6) is 0 Å². The number of hydrogen-bond acceptors (Lipinski definition) is 5. The van der Waals surface area contributed by atoms with Gasteiger partial charge >= 0.3 is 0 Å². The van der Waals surface area contributed by atoms with E-state index in [9.17, 15) is 4.79 Å². The highest BCUT2D eigenvalue weighted by Crippen LogP contribution is 2.65. The van der Waals surface area contributed by atoms with Crippen molar-refractivity contribution in [1.29, 1.82) is 0 Å². The standard InChI is InChI=1S/C21H23BrClN3OS2/c22-21-8-14-5-15(9-21)7-20(6-14,12-21)10-17(27)24-18-25-26-19(29-18)28-11-13-1-3-16(23)4-2-13/h1-4,14-15H,5-12H2,(H,24,25,27)/t14-,15-,20?,21?/m0/s1. The first-order valence-electron chi connectivity index (χ1n) is 10.1. The second-order valence-corrected chi connectivity index (χ2v) is 13.4. The molecule has 8 heteroatoms. The first-order valence-corrected chi connectivity index (χ1v) is 13.1. The number of nitrogens with zero attached hydrogens (tertiary/aromatic N) is 2. The SMILES string of the molecule is O=C(CC12C[C@@H]3C[C@H](CC(Br)(C3)C1)C2)Nc1nnc(SCc2ccc(Cl)cc2)s1. The fraction of sp³-hybridized carbons (Fsp3) is 0.571. The monoisotopic (exact) mass is 511 g/mol. The molecule has 4 fully saturated rings. The number of anilines is 1. The maximum Gasteiger partial charge on any atom is 0.226 e. The summed E-state index contributed by atoms with van der Waals surface area (Å²) in [6.45, 7) is 0. The predicted octanol–water partition coefficient (Wildman–Crippen LogP) is 6.55. The van der Waals surface area contributed by atoms with Crippen LogP contribution in [-0.2, 0) is 10.5 Å². The molecule has 154 valence electrons. The summed E-state index contributed by atoms with van der Waals surface area (Å²) in [5, 5.41) is 12.8. The number of nitrogens with one attached hydrogen (secondary N) is 1. The van der Waals surface area contributed by atoms with Gasteiger partial charge in [-0.1, -0.05) is 62.8 Å². The number of hydrogen-bond donors (Lipinski definition) is 1. The molecular formula is C21H23BrClN3OS2. The molecule has 1 heterocycles. The smallest absolute Gasteiger partial charge is 0.226 e. The minimum Gasteiger partial charge on any atom is -0.300 e. The summed E-state index contributed by atoms with van der Waals surface area (Å²) in [5.41, 5.74) is 1.36. The van der Waals surface area contributed by atoms with Crippen LogP contribution in [0, 0.1) is 17.3 Å². The summed E-state index contributed by atoms with van der Waals surface area (Å²) in [4.78, 5) is 12.8. The number of halogens is 2. The molecule has 0 aliphatic heterocycles. The zero-order chi connectivity index (χ0) is 20.1. The summed E-state index contributed by atoms with van der Waals surface area (Å²) < 4.78 is 1.15. The molecule has 4 aliphatic rings. The van der Waals surface area contributed by atoms with Crippen molar-refractivity contribution in [3.8, 4) is 0 Å². The van der Waals surface area contributed by atoms with Crippen LogP contribution in [0.4, 0.5) is 5.13 Å².